The summed E-state index contributed by atoms with van der Waals surface area (Å²) in [6, 6.07) is 8.33. The molecule has 1 aliphatic carbocycles. The molecule has 0 saturated heterocycles. The van der Waals surface area contributed by atoms with Crippen molar-refractivity contribution in [2.45, 2.75) is 46.6 Å². The average Bonchev–Trinajstić information content (AvgIpc) is 3.59. The van der Waals surface area contributed by atoms with E-state index in [1.807, 2.05) is 13.0 Å². The number of carbonyl (C=O) groups excluding carboxylic acids is 1. The van der Waals surface area contributed by atoms with E-state index in [0.29, 0.717) is 35.3 Å². The molecule has 1 saturated carbocycles. The number of hydrogen-bond donors (Lipinski definition) is 1. The van der Waals surface area contributed by atoms with Gasteiger partial charge in [-0.2, -0.15) is 10.2 Å². The summed E-state index contributed by atoms with van der Waals surface area (Å²) in [6.07, 6.45) is 3.93. The topological polar surface area (TPSA) is 99.8 Å². The van der Waals surface area contributed by atoms with Crippen LogP contribution in [-0.4, -0.2) is 42.7 Å². The van der Waals surface area contributed by atoms with Crippen LogP contribution in [0.15, 0.2) is 36.7 Å². The molecule has 1 fully saturated rings. The molecule has 36 heavy (non-hydrogen) atoms. The predicted molar refractivity (Wildman–Crippen MR) is 132 cm³/mol. The maximum Gasteiger partial charge on any atom is 0.412 e. The summed E-state index contributed by atoms with van der Waals surface area (Å²) in [5.41, 5.74) is 5.92. The number of ether oxygens (including phenoxy) is 1. The maximum atomic E-state index is 13.5. The molecule has 0 spiro atoms. The maximum absolute atomic E-state index is 13.5. The summed E-state index contributed by atoms with van der Waals surface area (Å²) in [4.78, 5) is 20.7. The highest BCUT2D eigenvalue weighted by molar-refractivity contribution is 5.70. The minimum absolute atomic E-state index is 0.268. The molecule has 0 atom stereocenters. The average molecular weight is 490 g/mol. The second-order valence-corrected chi connectivity index (χ2v) is 9.15. The number of hydrogen-bond acceptors (Lipinski definition) is 6. The van der Waals surface area contributed by atoms with Gasteiger partial charge in [0, 0.05) is 37.3 Å². The third kappa shape index (κ3) is 4.71. The zero-order valence-corrected chi connectivity index (χ0v) is 20.7. The molecule has 0 radical (unpaired) electrons. The molecule has 3 heterocycles. The SMILES string of the molecule is CNC(=O)Oc1c(C)nn(-c2cc(Cc3c(C)c(-c4ccc(F)cc4)nn3CC3CC3)ncn2)c1C. The number of halogens is 1. The fraction of sp³-hybridized carbons (Fsp3) is 0.346. The van der Waals surface area contributed by atoms with Crippen molar-refractivity contribution in [2.75, 3.05) is 7.05 Å². The van der Waals surface area contributed by atoms with Crippen molar-refractivity contribution in [3.63, 3.8) is 0 Å². The van der Waals surface area contributed by atoms with Crippen LogP contribution in [0.5, 0.6) is 5.75 Å². The molecule has 4 aromatic rings. The molecule has 5 rings (SSSR count). The van der Waals surface area contributed by atoms with Gasteiger partial charge in [-0.1, -0.05) is 0 Å². The molecule has 9 nitrogen and oxygen atoms in total. The van der Waals surface area contributed by atoms with E-state index < -0.39 is 6.09 Å². The minimum atomic E-state index is -0.555. The van der Waals surface area contributed by atoms with E-state index >= 15 is 0 Å². The van der Waals surface area contributed by atoms with Crippen LogP contribution in [0.2, 0.25) is 0 Å². The fourth-order valence-corrected chi connectivity index (χ4v) is 4.30. The quantitative estimate of drug-likeness (QED) is 0.415. The highest BCUT2D eigenvalue weighted by Gasteiger charge is 2.26. The van der Waals surface area contributed by atoms with E-state index in [4.69, 9.17) is 9.84 Å². The van der Waals surface area contributed by atoms with Crippen LogP contribution in [0.4, 0.5) is 9.18 Å². The van der Waals surface area contributed by atoms with Gasteiger partial charge >= 0.3 is 6.09 Å². The van der Waals surface area contributed by atoms with Crippen LogP contribution in [0.1, 0.15) is 41.2 Å². The molecular weight excluding hydrogens is 461 g/mol. The van der Waals surface area contributed by atoms with Gasteiger partial charge in [0.1, 0.15) is 17.8 Å². The van der Waals surface area contributed by atoms with Crippen LogP contribution >= 0.6 is 0 Å². The van der Waals surface area contributed by atoms with Gasteiger partial charge in [0.15, 0.2) is 11.6 Å². The Morgan fingerprint density at radius 3 is 2.58 bits per heavy atom. The first-order valence-electron chi connectivity index (χ1n) is 11.9. The number of carbonyl (C=O) groups is 1. The number of benzene rings is 1. The highest BCUT2D eigenvalue weighted by Crippen LogP contribution is 2.33. The molecule has 10 heteroatoms. The van der Waals surface area contributed by atoms with E-state index in [-0.39, 0.29) is 5.82 Å². The van der Waals surface area contributed by atoms with E-state index in [2.05, 4.69) is 32.0 Å². The minimum Gasteiger partial charge on any atom is -0.406 e. The van der Waals surface area contributed by atoms with Crippen LogP contribution in [-0.2, 0) is 13.0 Å². The van der Waals surface area contributed by atoms with Crippen LogP contribution in [0.25, 0.3) is 17.1 Å². The van der Waals surface area contributed by atoms with Gasteiger partial charge in [0.05, 0.1) is 17.1 Å². The van der Waals surface area contributed by atoms with Crippen molar-refractivity contribution >= 4 is 6.09 Å². The Kier molecular flexibility index (Phi) is 6.26. The molecule has 1 amide bonds. The lowest BCUT2D eigenvalue weighted by molar-refractivity contribution is 0.202. The number of aryl methyl sites for hydroxylation is 1. The number of nitrogens with one attached hydrogen (secondary N) is 1. The summed E-state index contributed by atoms with van der Waals surface area (Å²) in [5.74, 6) is 1.35. The Labute approximate surface area is 208 Å². The van der Waals surface area contributed by atoms with Crippen molar-refractivity contribution in [3.05, 3.63) is 70.8 Å². The smallest absolute Gasteiger partial charge is 0.406 e. The lowest BCUT2D eigenvalue weighted by atomic mass is 10.0. The van der Waals surface area contributed by atoms with E-state index in [9.17, 15) is 9.18 Å². The Hall–Kier alpha value is -4.08. The first-order chi connectivity index (χ1) is 17.3. The van der Waals surface area contributed by atoms with Crippen molar-refractivity contribution in [1.29, 1.82) is 0 Å². The Morgan fingerprint density at radius 2 is 1.89 bits per heavy atom. The third-order valence-corrected chi connectivity index (χ3v) is 6.46. The first-order valence-corrected chi connectivity index (χ1v) is 11.9. The molecule has 1 aromatic carbocycles. The monoisotopic (exact) mass is 489 g/mol. The first kappa shape index (κ1) is 23.7. The zero-order valence-electron chi connectivity index (χ0n) is 20.7. The Bertz CT molecular complexity index is 1420. The standard InChI is InChI=1S/C26H28FN7O2/c1-15-22(33(13-18-5-6-18)32-24(15)19-7-9-20(27)10-8-19)11-21-12-23(30-14-29-21)34-17(3)25(16(2)31-34)36-26(35)28-4/h7-10,12,14,18H,5-6,11,13H2,1-4H3,(H,28,35). The number of nitrogens with zero attached hydrogens (tertiary/aromatic N) is 6. The second kappa shape index (κ2) is 9.52. The van der Waals surface area contributed by atoms with Crippen LogP contribution in [0.3, 0.4) is 0 Å². The lowest BCUT2D eigenvalue weighted by Gasteiger charge is -2.09. The summed E-state index contributed by atoms with van der Waals surface area (Å²) in [7, 11) is 1.51. The van der Waals surface area contributed by atoms with Gasteiger partial charge in [-0.15, -0.1) is 0 Å². The molecule has 1 aliphatic rings. The van der Waals surface area contributed by atoms with E-state index in [0.717, 1.165) is 34.8 Å². The molecule has 0 aliphatic heterocycles. The normalized spacial score (nSPS) is 13.1. The van der Waals surface area contributed by atoms with Crippen molar-refractivity contribution in [3.8, 4) is 22.8 Å². The Morgan fingerprint density at radius 1 is 1.14 bits per heavy atom. The van der Waals surface area contributed by atoms with Crippen molar-refractivity contribution in [1.82, 2.24) is 34.8 Å². The summed E-state index contributed by atoms with van der Waals surface area (Å²) in [5, 5.41) is 11.9. The molecule has 3 aromatic heterocycles. The summed E-state index contributed by atoms with van der Waals surface area (Å²) < 4.78 is 22.6. The highest BCUT2D eigenvalue weighted by atomic mass is 19.1. The van der Waals surface area contributed by atoms with Crippen LogP contribution in [0, 0.1) is 32.5 Å². The molecule has 0 unspecified atom stereocenters. The van der Waals surface area contributed by atoms with Gasteiger partial charge in [0.2, 0.25) is 0 Å². The lowest BCUT2D eigenvalue weighted by Crippen LogP contribution is -2.22. The van der Waals surface area contributed by atoms with Gasteiger partial charge in [-0.3, -0.25) is 4.68 Å². The zero-order chi connectivity index (χ0) is 25.4. The summed E-state index contributed by atoms with van der Waals surface area (Å²) in [6.45, 7) is 6.51. The van der Waals surface area contributed by atoms with Crippen LogP contribution < -0.4 is 10.1 Å². The largest absolute Gasteiger partial charge is 0.412 e. The van der Waals surface area contributed by atoms with Gasteiger partial charge < -0.3 is 10.1 Å². The van der Waals surface area contributed by atoms with Gasteiger partial charge in [-0.05, 0) is 69.4 Å². The molecule has 186 valence electrons. The molecule has 1 N–H and O–H groups in total. The second-order valence-electron chi connectivity index (χ2n) is 9.15. The molecular formula is C26H28FN7O2. The summed E-state index contributed by atoms with van der Waals surface area (Å²) >= 11 is 0. The van der Waals surface area contributed by atoms with Gasteiger partial charge in [-0.25, -0.2) is 23.8 Å². The van der Waals surface area contributed by atoms with E-state index in [1.165, 1.54) is 38.3 Å². The van der Waals surface area contributed by atoms with E-state index in [1.54, 1.807) is 23.7 Å². The molecule has 0 bridgehead atoms. The van der Waals surface area contributed by atoms with Crippen molar-refractivity contribution in [2.24, 2.45) is 5.92 Å². The third-order valence-electron chi connectivity index (χ3n) is 6.46. The number of rotatable bonds is 7. The Balaban J connectivity index is 1.48. The fourth-order valence-electron chi connectivity index (χ4n) is 4.30. The number of amides is 1. The predicted octanol–water partition coefficient (Wildman–Crippen LogP) is 4.31. The van der Waals surface area contributed by atoms with Crippen molar-refractivity contribution < 1.29 is 13.9 Å². The number of aromatic nitrogens is 6. The van der Waals surface area contributed by atoms with Gasteiger partial charge in [0.25, 0.3) is 0 Å².